The first kappa shape index (κ1) is 32.6. The minimum absolute atomic E-state index is 1.15. The molecule has 2 rings (SSSR count). The number of aryl methyl sites for hydroxylation is 3. The van der Waals surface area contributed by atoms with Gasteiger partial charge in [0, 0.05) is 6.42 Å². The average molecular weight is 524 g/mol. The van der Waals surface area contributed by atoms with Crippen LogP contribution in [0.15, 0.2) is 42.7 Å². The van der Waals surface area contributed by atoms with Crippen molar-refractivity contribution in [2.45, 2.75) is 175 Å². The van der Waals surface area contributed by atoms with Crippen LogP contribution in [0.3, 0.4) is 0 Å². The molecule has 1 aromatic carbocycles. The minimum atomic E-state index is 1.15. The first-order valence-corrected chi connectivity index (χ1v) is 17.0. The van der Waals surface area contributed by atoms with Crippen molar-refractivity contribution in [1.29, 1.82) is 0 Å². The fourth-order valence-electron chi connectivity index (χ4n) is 5.83. The molecule has 0 spiro atoms. The molecule has 0 saturated carbocycles. The molecule has 2 heteroatoms. The Kier molecular flexibility index (Phi) is 20.0. The standard InChI is InChI=1S/C36H63N2/c1-3-5-7-9-11-12-13-14-15-16-17-18-19-24-30-36-37(31-25-20-10-8-6-4-2)33-34-38(36)32-26-29-35-27-22-21-23-28-35/h21-23,27-28,33-34H,3-20,24-26,29-32H2,1-2H3/q+1. The van der Waals surface area contributed by atoms with Gasteiger partial charge in [-0.15, -0.1) is 0 Å². The van der Waals surface area contributed by atoms with Gasteiger partial charge in [-0.2, -0.15) is 0 Å². The molecule has 0 atom stereocenters. The SMILES string of the molecule is CCCCCCCCCCCCCCCCc1n(CCCCCCCC)cc[n+]1CCCc1ccccc1. The van der Waals surface area contributed by atoms with Crippen molar-refractivity contribution in [2.75, 3.05) is 0 Å². The molecule has 1 aromatic heterocycles. The van der Waals surface area contributed by atoms with Gasteiger partial charge >= 0.3 is 0 Å². The van der Waals surface area contributed by atoms with Gasteiger partial charge in [0.1, 0.15) is 12.4 Å². The van der Waals surface area contributed by atoms with Gasteiger partial charge < -0.3 is 0 Å². The Balaban J connectivity index is 1.64. The van der Waals surface area contributed by atoms with Crippen molar-refractivity contribution < 1.29 is 4.57 Å². The quantitative estimate of drug-likeness (QED) is 0.0856. The molecule has 2 nitrogen and oxygen atoms in total. The Hall–Kier alpha value is -1.57. The first-order valence-electron chi connectivity index (χ1n) is 17.0. The number of hydrogen-bond acceptors (Lipinski definition) is 0. The highest BCUT2D eigenvalue weighted by atomic mass is 15.1. The number of rotatable bonds is 26. The maximum Gasteiger partial charge on any atom is 0.256 e. The van der Waals surface area contributed by atoms with Crippen LogP contribution in [0.5, 0.6) is 0 Å². The molecule has 216 valence electrons. The molecule has 0 fully saturated rings. The number of nitrogens with zero attached hydrogens (tertiary/aromatic N) is 2. The lowest BCUT2D eigenvalue weighted by Crippen LogP contribution is -2.37. The Morgan fingerprint density at radius 1 is 0.526 bits per heavy atom. The van der Waals surface area contributed by atoms with Crippen LogP contribution in [0, 0.1) is 0 Å². The molecule has 0 saturated heterocycles. The monoisotopic (exact) mass is 523 g/mol. The Labute approximate surface area is 237 Å². The summed E-state index contributed by atoms with van der Waals surface area (Å²) in [5.41, 5.74) is 1.47. The van der Waals surface area contributed by atoms with Crippen molar-refractivity contribution in [3.8, 4) is 0 Å². The maximum absolute atomic E-state index is 2.59. The van der Waals surface area contributed by atoms with E-state index in [0.717, 1.165) is 6.54 Å². The molecule has 0 aliphatic heterocycles. The zero-order valence-electron chi connectivity index (χ0n) is 25.6. The van der Waals surface area contributed by atoms with E-state index in [4.69, 9.17) is 0 Å². The van der Waals surface area contributed by atoms with Crippen LogP contribution in [-0.2, 0) is 25.9 Å². The summed E-state index contributed by atoms with van der Waals surface area (Å²) in [6.45, 7) is 6.96. The van der Waals surface area contributed by atoms with Gasteiger partial charge in [0.2, 0.25) is 0 Å². The highest BCUT2D eigenvalue weighted by Crippen LogP contribution is 2.14. The molecule has 0 amide bonds. The molecule has 0 bridgehead atoms. The van der Waals surface area contributed by atoms with Gasteiger partial charge in [-0.1, -0.05) is 153 Å². The molecule has 0 aliphatic carbocycles. The molecule has 0 aliphatic rings. The van der Waals surface area contributed by atoms with E-state index in [1.165, 1.54) is 160 Å². The second kappa shape index (κ2) is 23.3. The predicted molar refractivity (Wildman–Crippen MR) is 167 cm³/mol. The lowest BCUT2D eigenvalue weighted by Gasteiger charge is -2.07. The van der Waals surface area contributed by atoms with Crippen molar-refractivity contribution >= 4 is 0 Å². The first-order chi connectivity index (χ1) is 18.8. The average Bonchev–Trinajstić information content (AvgIpc) is 3.32. The Morgan fingerprint density at radius 2 is 1.03 bits per heavy atom. The summed E-state index contributed by atoms with van der Waals surface area (Å²) in [4.78, 5) is 0. The van der Waals surface area contributed by atoms with Gasteiger partial charge in [0.25, 0.3) is 5.82 Å². The molecule has 0 radical (unpaired) electrons. The Bertz CT molecular complexity index is 763. The molecular weight excluding hydrogens is 460 g/mol. The van der Waals surface area contributed by atoms with Crippen molar-refractivity contribution in [3.05, 3.63) is 54.1 Å². The van der Waals surface area contributed by atoms with Crippen LogP contribution in [-0.4, -0.2) is 4.57 Å². The smallest absolute Gasteiger partial charge is 0.234 e. The summed E-state index contributed by atoms with van der Waals surface area (Å²) in [7, 11) is 0. The van der Waals surface area contributed by atoms with Crippen LogP contribution in [0.2, 0.25) is 0 Å². The van der Waals surface area contributed by atoms with Gasteiger partial charge in [-0.05, 0) is 37.7 Å². The third kappa shape index (κ3) is 15.7. The minimum Gasteiger partial charge on any atom is -0.234 e. The van der Waals surface area contributed by atoms with E-state index in [2.05, 4.69) is 65.7 Å². The van der Waals surface area contributed by atoms with Gasteiger partial charge in [0.05, 0.1) is 13.1 Å². The summed E-state index contributed by atoms with van der Waals surface area (Å²) in [6.07, 6.45) is 36.7. The van der Waals surface area contributed by atoms with Gasteiger partial charge in [-0.25, -0.2) is 9.13 Å². The number of aromatic nitrogens is 2. The lowest BCUT2D eigenvalue weighted by molar-refractivity contribution is -0.704. The summed E-state index contributed by atoms with van der Waals surface area (Å²) in [5.74, 6) is 1.57. The summed E-state index contributed by atoms with van der Waals surface area (Å²) < 4.78 is 5.16. The predicted octanol–water partition coefficient (Wildman–Crippen LogP) is 10.8. The number of unbranched alkanes of at least 4 members (excludes halogenated alkanes) is 18. The van der Waals surface area contributed by atoms with E-state index < -0.39 is 0 Å². The van der Waals surface area contributed by atoms with Gasteiger partial charge in [-0.3, -0.25) is 0 Å². The normalized spacial score (nSPS) is 11.4. The zero-order chi connectivity index (χ0) is 26.9. The molecule has 1 heterocycles. The van der Waals surface area contributed by atoms with Crippen LogP contribution in [0.1, 0.15) is 160 Å². The number of benzene rings is 1. The van der Waals surface area contributed by atoms with E-state index in [1.807, 2.05) is 0 Å². The zero-order valence-corrected chi connectivity index (χ0v) is 25.6. The van der Waals surface area contributed by atoms with Crippen LogP contribution in [0.4, 0.5) is 0 Å². The molecule has 0 unspecified atom stereocenters. The number of imidazole rings is 1. The maximum atomic E-state index is 2.59. The van der Waals surface area contributed by atoms with Crippen molar-refractivity contribution in [3.63, 3.8) is 0 Å². The van der Waals surface area contributed by atoms with Crippen molar-refractivity contribution in [2.24, 2.45) is 0 Å². The van der Waals surface area contributed by atoms with Crippen LogP contribution in [0.25, 0.3) is 0 Å². The molecular formula is C36H63N2+. The molecule has 38 heavy (non-hydrogen) atoms. The third-order valence-electron chi connectivity index (χ3n) is 8.30. The van der Waals surface area contributed by atoms with E-state index >= 15 is 0 Å². The third-order valence-corrected chi connectivity index (χ3v) is 8.30. The second-order valence-electron chi connectivity index (χ2n) is 11.8. The summed E-state index contributed by atoms with van der Waals surface area (Å²) in [6, 6.07) is 11.0. The molecule has 0 N–H and O–H groups in total. The Morgan fingerprint density at radius 3 is 1.58 bits per heavy atom. The number of hydrogen-bond donors (Lipinski definition) is 0. The lowest BCUT2D eigenvalue weighted by atomic mass is 10.0. The van der Waals surface area contributed by atoms with Crippen LogP contribution < -0.4 is 4.57 Å². The van der Waals surface area contributed by atoms with E-state index in [-0.39, 0.29) is 0 Å². The fourth-order valence-corrected chi connectivity index (χ4v) is 5.83. The highest BCUT2D eigenvalue weighted by Gasteiger charge is 2.16. The summed E-state index contributed by atoms with van der Waals surface area (Å²) in [5, 5.41) is 0. The molecule has 2 aromatic rings. The van der Waals surface area contributed by atoms with E-state index in [1.54, 1.807) is 5.82 Å². The second-order valence-corrected chi connectivity index (χ2v) is 11.8. The van der Waals surface area contributed by atoms with Gasteiger partial charge in [0.15, 0.2) is 0 Å². The largest absolute Gasteiger partial charge is 0.256 e. The van der Waals surface area contributed by atoms with Crippen molar-refractivity contribution in [1.82, 2.24) is 4.57 Å². The van der Waals surface area contributed by atoms with E-state index in [9.17, 15) is 0 Å². The van der Waals surface area contributed by atoms with Crippen LogP contribution >= 0.6 is 0 Å². The highest BCUT2D eigenvalue weighted by molar-refractivity contribution is 5.14. The summed E-state index contributed by atoms with van der Waals surface area (Å²) >= 11 is 0. The topological polar surface area (TPSA) is 8.81 Å². The van der Waals surface area contributed by atoms with E-state index in [0.29, 0.717) is 0 Å². The fraction of sp³-hybridized carbons (Fsp3) is 0.750.